The van der Waals surface area contributed by atoms with Crippen molar-refractivity contribution in [2.24, 2.45) is 0 Å². The maximum Gasteiger partial charge on any atom is 0.254 e. The van der Waals surface area contributed by atoms with Crippen molar-refractivity contribution >= 4 is 23.2 Å². The average molecular weight is 537 g/mol. The molecule has 0 spiro atoms. The van der Waals surface area contributed by atoms with E-state index in [1.165, 1.54) is 16.0 Å². The van der Waals surface area contributed by atoms with E-state index in [-0.39, 0.29) is 24.4 Å². The molecular weight excluding hydrogens is 500 g/mol. The van der Waals surface area contributed by atoms with Crippen LogP contribution in [0, 0.1) is 6.92 Å². The van der Waals surface area contributed by atoms with Crippen molar-refractivity contribution in [3.05, 3.63) is 81.0 Å². The Morgan fingerprint density at radius 2 is 1.76 bits per heavy atom. The summed E-state index contributed by atoms with van der Waals surface area (Å²) in [5.41, 5.74) is 3.84. The van der Waals surface area contributed by atoms with Gasteiger partial charge in [0.2, 0.25) is 5.91 Å². The fourth-order valence-electron chi connectivity index (χ4n) is 4.82. The van der Waals surface area contributed by atoms with Gasteiger partial charge in [-0.2, -0.15) is 0 Å². The summed E-state index contributed by atoms with van der Waals surface area (Å²) in [6, 6.07) is 15.4. The van der Waals surface area contributed by atoms with Gasteiger partial charge >= 0.3 is 0 Å². The Morgan fingerprint density at radius 3 is 2.42 bits per heavy atom. The zero-order valence-corrected chi connectivity index (χ0v) is 23.4. The van der Waals surface area contributed by atoms with Crippen LogP contribution in [0.5, 0.6) is 11.5 Å². The number of thiophene rings is 1. The molecule has 0 bridgehead atoms. The maximum atomic E-state index is 13.9. The van der Waals surface area contributed by atoms with Crippen LogP contribution >= 0.6 is 11.3 Å². The number of nitrogens with zero attached hydrogens (tertiary/aromatic N) is 2. The zero-order valence-electron chi connectivity index (χ0n) is 22.6. The highest BCUT2D eigenvalue weighted by Crippen LogP contribution is 2.38. The topological polar surface area (TPSA) is 68.3 Å². The Balaban J connectivity index is 1.61. The van der Waals surface area contributed by atoms with Gasteiger partial charge in [-0.3, -0.25) is 9.59 Å². The van der Waals surface area contributed by atoms with Crippen molar-refractivity contribution in [2.75, 3.05) is 47.1 Å². The third kappa shape index (κ3) is 6.37. The second-order valence-corrected chi connectivity index (χ2v) is 10.3. The molecule has 202 valence electrons. The first kappa shape index (κ1) is 27.7. The van der Waals surface area contributed by atoms with Crippen LogP contribution in [0.4, 0.5) is 0 Å². The van der Waals surface area contributed by atoms with E-state index in [0.29, 0.717) is 49.8 Å². The van der Waals surface area contributed by atoms with Crippen LogP contribution in [-0.2, 0) is 16.0 Å². The number of carbonyl (C=O) groups excluding carboxylic acids is 2. The summed E-state index contributed by atoms with van der Waals surface area (Å²) >= 11 is 1.74. The molecule has 38 heavy (non-hydrogen) atoms. The van der Waals surface area contributed by atoms with Crippen molar-refractivity contribution in [1.29, 1.82) is 0 Å². The summed E-state index contributed by atoms with van der Waals surface area (Å²) in [6.07, 6.45) is 1.44. The number of aryl methyl sites for hydroxylation is 1. The maximum absolute atomic E-state index is 13.9. The predicted octanol–water partition coefficient (Wildman–Crippen LogP) is 5.12. The standard InChI is InChI=1S/C30H36N2O5S/c1-5-37-15-6-13-31(30(34)23-17-24(35-3)19-25(18-23)36-4)20-28(33)32-14-11-27-26(12-16-38-27)29(32)22-9-7-21(2)8-10-22/h7-10,12,16-19,29H,5-6,11,13-15,20H2,1-4H3. The number of benzene rings is 2. The molecule has 0 saturated carbocycles. The Kier molecular flexibility index (Phi) is 9.42. The fourth-order valence-corrected chi connectivity index (χ4v) is 5.72. The molecule has 1 aliphatic heterocycles. The lowest BCUT2D eigenvalue weighted by Crippen LogP contribution is -2.47. The van der Waals surface area contributed by atoms with E-state index in [4.69, 9.17) is 14.2 Å². The second-order valence-electron chi connectivity index (χ2n) is 9.33. The van der Waals surface area contributed by atoms with E-state index in [0.717, 1.165) is 12.0 Å². The molecule has 2 aromatic carbocycles. The van der Waals surface area contributed by atoms with Gasteiger partial charge < -0.3 is 24.0 Å². The van der Waals surface area contributed by atoms with Crippen molar-refractivity contribution in [2.45, 2.75) is 32.7 Å². The highest BCUT2D eigenvalue weighted by Gasteiger charge is 2.34. The molecule has 0 radical (unpaired) electrons. The molecule has 1 atom stereocenters. The van der Waals surface area contributed by atoms with Gasteiger partial charge in [-0.1, -0.05) is 29.8 Å². The smallest absolute Gasteiger partial charge is 0.254 e. The molecule has 1 aromatic heterocycles. The minimum Gasteiger partial charge on any atom is -0.497 e. The van der Waals surface area contributed by atoms with E-state index in [1.54, 1.807) is 48.7 Å². The number of rotatable bonds is 11. The summed E-state index contributed by atoms with van der Waals surface area (Å²) in [5, 5.41) is 2.10. The molecular formula is C30H36N2O5S. The lowest BCUT2D eigenvalue weighted by atomic mass is 9.92. The molecule has 0 N–H and O–H groups in total. The second kappa shape index (κ2) is 12.9. The van der Waals surface area contributed by atoms with Gasteiger partial charge in [0.05, 0.1) is 20.3 Å². The summed E-state index contributed by atoms with van der Waals surface area (Å²) in [4.78, 5) is 32.5. The van der Waals surface area contributed by atoms with Crippen LogP contribution in [0.2, 0.25) is 0 Å². The summed E-state index contributed by atoms with van der Waals surface area (Å²) < 4.78 is 16.2. The number of amides is 2. The molecule has 0 saturated heterocycles. The van der Waals surface area contributed by atoms with Crippen LogP contribution in [0.3, 0.4) is 0 Å². The number of methoxy groups -OCH3 is 2. The number of fused-ring (bicyclic) bond motifs is 1. The first-order chi connectivity index (χ1) is 18.4. The lowest BCUT2D eigenvalue weighted by molar-refractivity contribution is -0.134. The third-order valence-corrected chi connectivity index (χ3v) is 7.81. The number of hydrogen-bond acceptors (Lipinski definition) is 6. The van der Waals surface area contributed by atoms with Crippen LogP contribution < -0.4 is 9.47 Å². The summed E-state index contributed by atoms with van der Waals surface area (Å²) in [7, 11) is 3.10. The van der Waals surface area contributed by atoms with Crippen LogP contribution in [0.1, 0.15) is 51.3 Å². The average Bonchev–Trinajstić information content (AvgIpc) is 3.43. The lowest BCUT2D eigenvalue weighted by Gasteiger charge is -2.37. The van der Waals surface area contributed by atoms with Gasteiger partial charge in [0, 0.05) is 42.8 Å². The van der Waals surface area contributed by atoms with Gasteiger partial charge in [0.15, 0.2) is 0 Å². The van der Waals surface area contributed by atoms with E-state index in [2.05, 4.69) is 42.6 Å². The van der Waals surface area contributed by atoms with Gasteiger partial charge in [0.25, 0.3) is 5.91 Å². The SMILES string of the molecule is CCOCCCN(CC(=O)N1CCc2sccc2C1c1ccc(C)cc1)C(=O)c1cc(OC)cc(OC)c1. The first-order valence-electron chi connectivity index (χ1n) is 13.0. The first-order valence-corrected chi connectivity index (χ1v) is 13.9. The van der Waals surface area contributed by atoms with Crippen LogP contribution in [0.15, 0.2) is 53.9 Å². The Labute approximate surface area is 228 Å². The van der Waals surface area contributed by atoms with E-state index in [9.17, 15) is 9.59 Å². The van der Waals surface area contributed by atoms with Crippen molar-refractivity contribution in [3.8, 4) is 11.5 Å². The Morgan fingerprint density at radius 1 is 1.05 bits per heavy atom. The summed E-state index contributed by atoms with van der Waals surface area (Å²) in [6.45, 7) is 6.11. The molecule has 4 rings (SSSR count). The van der Waals surface area contributed by atoms with Crippen molar-refractivity contribution < 1.29 is 23.8 Å². The third-order valence-electron chi connectivity index (χ3n) is 6.81. The number of ether oxygens (including phenoxy) is 3. The van der Waals surface area contributed by atoms with Crippen molar-refractivity contribution in [3.63, 3.8) is 0 Å². The highest BCUT2D eigenvalue weighted by molar-refractivity contribution is 7.10. The van der Waals surface area contributed by atoms with Crippen molar-refractivity contribution in [1.82, 2.24) is 9.80 Å². The minimum absolute atomic E-state index is 0.0215. The molecule has 3 aromatic rings. The molecule has 2 amide bonds. The Hall–Kier alpha value is -3.36. The van der Waals surface area contributed by atoms with E-state index < -0.39 is 0 Å². The van der Waals surface area contributed by atoms with Gasteiger partial charge in [-0.15, -0.1) is 11.3 Å². The monoisotopic (exact) mass is 536 g/mol. The van der Waals surface area contributed by atoms with Crippen LogP contribution in [-0.4, -0.2) is 68.7 Å². The van der Waals surface area contributed by atoms with E-state index >= 15 is 0 Å². The normalized spacial score (nSPS) is 14.6. The molecule has 7 nitrogen and oxygen atoms in total. The highest BCUT2D eigenvalue weighted by atomic mass is 32.1. The fraction of sp³-hybridized carbons (Fsp3) is 0.400. The van der Waals surface area contributed by atoms with Gasteiger partial charge in [-0.25, -0.2) is 0 Å². The number of hydrogen-bond donors (Lipinski definition) is 0. The van der Waals surface area contributed by atoms with E-state index in [1.807, 2.05) is 11.8 Å². The minimum atomic E-state index is -0.243. The molecule has 0 fully saturated rings. The Bertz CT molecular complexity index is 1220. The molecule has 0 aliphatic carbocycles. The largest absolute Gasteiger partial charge is 0.497 e. The molecule has 1 aliphatic rings. The van der Waals surface area contributed by atoms with Gasteiger partial charge in [-0.05, 0) is 61.4 Å². The quantitative estimate of drug-likeness (QED) is 0.318. The molecule has 1 unspecified atom stereocenters. The number of carbonyl (C=O) groups is 2. The van der Waals surface area contributed by atoms with Crippen LogP contribution in [0.25, 0.3) is 0 Å². The zero-order chi connectivity index (χ0) is 27.1. The molecule has 8 heteroatoms. The summed E-state index contributed by atoms with van der Waals surface area (Å²) in [5.74, 6) is 0.724. The predicted molar refractivity (Wildman–Crippen MR) is 149 cm³/mol. The molecule has 2 heterocycles. The van der Waals surface area contributed by atoms with Gasteiger partial charge in [0.1, 0.15) is 18.0 Å².